The molecule has 33 heavy (non-hydrogen) atoms. The van der Waals surface area contributed by atoms with E-state index in [0.717, 1.165) is 17.7 Å². The quantitative estimate of drug-likeness (QED) is 0.495. The van der Waals surface area contributed by atoms with Gasteiger partial charge in [-0.05, 0) is 67.6 Å². The second-order valence-corrected chi connectivity index (χ2v) is 9.31. The molecule has 1 aliphatic rings. The van der Waals surface area contributed by atoms with Crippen LogP contribution in [0, 0.1) is 5.82 Å². The molecule has 2 aromatic carbocycles. The molecular formula is C26H27FN2O3S. The number of carbonyl (C=O) groups excluding carboxylic acids is 2. The van der Waals surface area contributed by atoms with Crippen LogP contribution in [0.5, 0.6) is 5.75 Å². The van der Waals surface area contributed by atoms with Crippen LogP contribution in [0.1, 0.15) is 40.7 Å². The molecule has 7 heteroatoms. The summed E-state index contributed by atoms with van der Waals surface area (Å²) in [5.41, 5.74) is 1.34. The minimum Gasteiger partial charge on any atom is -0.491 e. The van der Waals surface area contributed by atoms with Gasteiger partial charge < -0.3 is 14.5 Å². The molecule has 172 valence electrons. The Bertz CT molecular complexity index is 1120. The molecule has 1 unspecified atom stereocenters. The van der Waals surface area contributed by atoms with E-state index in [1.54, 1.807) is 17.4 Å². The molecule has 0 bridgehead atoms. The Morgan fingerprint density at radius 3 is 2.67 bits per heavy atom. The molecular weight excluding hydrogens is 439 g/mol. The first-order chi connectivity index (χ1) is 15.9. The number of rotatable bonds is 7. The molecule has 0 fully saturated rings. The summed E-state index contributed by atoms with van der Waals surface area (Å²) in [5.74, 6) is -0.234. The van der Waals surface area contributed by atoms with Gasteiger partial charge in [-0.15, -0.1) is 11.3 Å². The number of thiophene rings is 1. The number of hydrogen-bond acceptors (Lipinski definition) is 4. The van der Waals surface area contributed by atoms with Gasteiger partial charge in [0.1, 0.15) is 24.7 Å². The lowest BCUT2D eigenvalue weighted by atomic mass is 10.00. The fourth-order valence-electron chi connectivity index (χ4n) is 4.08. The molecule has 0 aliphatic carbocycles. The van der Waals surface area contributed by atoms with Crippen LogP contribution in [0.2, 0.25) is 0 Å². The number of fused-ring (bicyclic) bond motifs is 1. The summed E-state index contributed by atoms with van der Waals surface area (Å²) in [6.45, 7) is 4.53. The van der Waals surface area contributed by atoms with E-state index < -0.39 is 5.82 Å². The van der Waals surface area contributed by atoms with Crippen molar-refractivity contribution < 1.29 is 18.7 Å². The minimum atomic E-state index is -0.477. The van der Waals surface area contributed by atoms with Crippen molar-refractivity contribution in [1.82, 2.24) is 9.80 Å². The summed E-state index contributed by atoms with van der Waals surface area (Å²) >= 11 is 1.69. The third-order valence-electron chi connectivity index (χ3n) is 5.83. The zero-order valence-corrected chi connectivity index (χ0v) is 19.6. The van der Waals surface area contributed by atoms with Crippen LogP contribution in [0.15, 0.2) is 66.0 Å². The molecule has 3 aromatic rings. The molecule has 4 rings (SSSR count). The molecule has 5 nitrogen and oxygen atoms in total. The topological polar surface area (TPSA) is 49.9 Å². The van der Waals surface area contributed by atoms with Gasteiger partial charge in [0.25, 0.3) is 5.91 Å². The van der Waals surface area contributed by atoms with E-state index in [0.29, 0.717) is 13.2 Å². The van der Waals surface area contributed by atoms with E-state index in [4.69, 9.17) is 4.74 Å². The molecule has 0 saturated carbocycles. The second kappa shape index (κ2) is 10.2. The summed E-state index contributed by atoms with van der Waals surface area (Å²) in [5, 5.41) is 2.04. The number of amides is 2. The maximum Gasteiger partial charge on any atom is 0.254 e. The fourth-order valence-corrected chi connectivity index (χ4v) is 5.01. The maximum absolute atomic E-state index is 13.7. The van der Waals surface area contributed by atoms with Gasteiger partial charge >= 0.3 is 0 Å². The van der Waals surface area contributed by atoms with E-state index in [1.165, 1.54) is 28.0 Å². The van der Waals surface area contributed by atoms with Crippen molar-refractivity contribution in [2.24, 2.45) is 0 Å². The van der Waals surface area contributed by atoms with Crippen molar-refractivity contribution in [3.8, 4) is 5.75 Å². The molecule has 0 spiro atoms. The molecule has 0 saturated heterocycles. The van der Waals surface area contributed by atoms with E-state index in [1.807, 2.05) is 54.5 Å². The van der Waals surface area contributed by atoms with Crippen LogP contribution in [-0.4, -0.2) is 47.4 Å². The fraction of sp³-hybridized carbons (Fsp3) is 0.308. The third-order valence-corrected chi connectivity index (χ3v) is 6.82. The Balaban J connectivity index is 1.53. The summed E-state index contributed by atoms with van der Waals surface area (Å²) in [7, 11) is 0. The standard InChI is InChI=1S/C26H27FN2O3S/c1-18(2)29(26(31)19-7-6-8-20(27)15-19)16-25(30)28-13-11-24-22(12-14-33-24)23(28)17-32-21-9-4-3-5-10-21/h3-10,12,14-15,18,23H,11,13,16-17H2,1-2H3. The minimum absolute atomic E-state index is 0.0751. The maximum atomic E-state index is 13.7. The Morgan fingerprint density at radius 1 is 1.15 bits per heavy atom. The summed E-state index contributed by atoms with van der Waals surface area (Å²) in [6, 6.07) is 16.7. The van der Waals surface area contributed by atoms with Crippen LogP contribution in [0.4, 0.5) is 4.39 Å². The molecule has 1 atom stereocenters. The largest absolute Gasteiger partial charge is 0.491 e. The van der Waals surface area contributed by atoms with Crippen molar-refractivity contribution in [2.45, 2.75) is 32.4 Å². The number of para-hydroxylation sites is 1. The first kappa shape index (κ1) is 23.0. The van der Waals surface area contributed by atoms with Gasteiger partial charge in [0.05, 0.1) is 6.04 Å². The van der Waals surface area contributed by atoms with Crippen molar-refractivity contribution in [3.05, 3.63) is 87.9 Å². The Labute approximate surface area is 197 Å². The average molecular weight is 467 g/mol. The number of carbonyl (C=O) groups is 2. The van der Waals surface area contributed by atoms with Crippen molar-refractivity contribution in [2.75, 3.05) is 19.7 Å². The van der Waals surface area contributed by atoms with Crippen LogP contribution in [0.3, 0.4) is 0 Å². The van der Waals surface area contributed by atoms with E-state index in [9.17, 15) is 14.0 Å². The van der Waals surface area contributed by atoms with Gasteiger partial charge in [0.2, 0.25) is 5.91 Å². The normalized spacial score (nSPS) is 15.3. The highest BCUT2D eigenvalue weighted by Gasteiger charge is 2.34. The first-order valence-corrected chi connectivity index (χ1v) is 11.9. The highest BCUT2D eigenvalue weighted by Crippen LogP contribution is 2.34. The van der Waals surface area contributed by atoms with Crippen LogP contribution in [-0.2, 0) is 11.2 Å². The first-order valence-electron chi connectivity index (χ1n) is 11.0. The van der Waals surface area contributed by atoms with E-state index in [2.05, 4.69) is 6.07 Å². The Morgan fingerprint density at radius 2 is 1.94 bits per heavy atom. The highest BCUT2D eigenvalue weighted by molar-refractivity contribution is 7.10. The Kier molecular flexibility index (Phi) is 7.08. The average Bonchev–Trinajstić information content (AvgIpc) is 3.30. The van der Waals surface area contributed by atoms with Crippen LogP contribution in [0.25, 0.3) is 0 Å². The lowest BCUT2D eigenvalue weighted by Gasteiger charge is -2.37. The number of halogens is 1. The monoisotopic (exact) mass is 466 g/mol. The SMILES string of the molecule is CC(C)N(CC(=O)N1CCc2sccc2C1COc1ccccc1)C(=O)c1cccc(F)c1. The number of benzene rings is 2. The predicted molar refractivity (Wildman–Crippen MR) is 127 cm³/mol. The molecule has 1 aliphatic heterocycles. The van der Waals surface area contributed by atoms with Crippen molar-refractivity contribution in [1.29, 1.82) is 0 Å². The highest BCUT2D eigenvalue weighted by atomic mass is 32.1. The van der Waals surface area contributed by atoms with Gasteiger partial charge in [-0.2, -0.15) is 0 Å². The summed E-state index contributed by atoms with van der Waals surface area (Å²) in [4.78, 5) is 31.1. The van der Waals surface area contributed by atoms with Crippen LogP contribution >= 0.6 is 11.3 Å². The smallest absolute Gasteiger partial charge is 0.254 e. The molecule has 1 aromatic heterocycles. The lowest BCUT2D eigenvalue weighted by molar-refractivity contribution is -0.136. The van der Waals surface area contributed by atoms with Gasteiger partial charge in [-0.3, -0.25) is 9.59 Å². The van der Waals surface area contributed by atoms with Gasteiger partial charge in [-0.1, -0.05) is 24.3 Å². The second-order valence-electron chi connectivity index (χ2n) is 8.31. The number of ether oxygens (including phenoxy) is 1. The van der Waals surface area contributed by atoms with Gasteiger partial charge in [0, 0.05) is 23.0 Å². The summed E-state index contributed by atoms with van der Waals surface area (Å²) < 4.78 is 19.7. The van der Waals surface area contributed by atoms with E-state index >= 15 is 0 Å². The predicted octanol–water partition coefficient (Wildman–Crippen LogP) is 4.94. The molecule has 0 radical (unpaired) electrons. The molecule has 0 N–H and O–H groups in total. The zero-order chi connectivity index (χ0) is 23.4. The number of nitrogens with zero attached hydrogens (tertiary/aromatic N) is 2. The van der Waals surface area contributed by atoms with Crippen molar-refractivity contribution >= 4 is 23.2 Å². The third kappa shape index (κ3) is 5.25. The van der Waals surface area contributed by atoms with Gasteiger partial charge in [-0.25, -0.2) is 4.39 Å². The molecule has 2 heterocycles. The Hall–Kier alpha value is -3.19. The number of hydrogen-bond donors (Lipinski definition) is 0. The molecule has 2 amide bonds. The van der Waals surface area contributed by atoms with Gasteiger partial charge in [0.15, 0.2) is 0 Å². The van der Waals surface area contributed by atoms with E-state index in [-0.39, 0.29) is 36.0 Å². The summed E-state index contributed by atoms with van der Waals surface area (Å²) in [6.07, 6.45) is 0.778. The van der Waals surface area contributed by atoms with Crippen LogP contribution < -0.4 is 4.74 Å². The zero-order valence-electron chi connectivity index (χ0n) is 18.7. The lowest BCUT2D eigenvalue weighted by Crippen LogP contribution is -2.49. The van der Waals surface area contributed by atoms with Crippen molar-refractivity contribution in [3.63, 3.8) is 0 Å².